The van der Waals surface area contributed by atoms with Gasteiger partial charge in [0.25, 0.3) is 0 Å². The summed E-state index contributed by atoms with van der Waals surface area (Å²) in [6.07, 6.45) is 3.17. The van der Waals surface area contributed by atoms with Gasteiger partial charge in [-0.2, -0.15) is 0 Å². The molecule has 2 aromatic rings. The van der Waals surface area contributed by atoms with E-state index in [1.165, 1.54) is 12.1 Å². The molecule has 6 nitrogen and oxygen atoms in total. The summed E-state index contributed by atoms with van der Waals surface area (Å²) < 4.78 is 34.3. The van der Waals surface area contributed by atoms with E-state index in [0.717, 1.165) is 41.6 Å². The Kier molecular flexibility index (Phi) is 9.58. The zero-order valence-electron chi connectivity index (χ0n) is 17.3. The van der Waals surface area contributed by atoms with E-state index in [1.807, 2.05) is 19.1 Å². The summed E-state index contributed by atoms with van der Waals surface area (Å²) >= 11 is 0. The maximum atomic E-state index is 11.4. The van der Waals surface area contributed by atoms with E-state index in [1.54, 1.807) is 0 Å². The number of carboxylic acids is 1. The average molecular weight is 433 g/mol. The Morgan fingerprint density at radius 3 is 2.55 bits per heavy atom. The molecule has 1 heterocycles. The Morgan fingerprint density at radius 1 is 1.24 bits per heavy atom. The van der Waals surface area contributed by atoms with Crippen molar-refractivity contribution < 1.29 is 82.0 Å². The molecule has 0 spiro atoms. The van der Waals surface area contributed by atoms with Gasteiger partial charge in [0.1, 0.15) is 0 Å². The molecule has 2 aromatic carbocycles. The predicted molar refractivity (Wildman–Crippen MR) is 102 cm³/mol. The van der Waals surface area contributed by atoms with Crippen LogP contribution in [0, 0.1) is 6.07 Å². The minimum Gasteiger partial charge on any atom is -0.752 e. The van der Waals surface area contributed by atoms with Gasteiger partial charge in [0.15, 0.2) is 0 Å². The van der Waals surface area contributed by atoms with Crippen LogP contribution < -0.4 is 59.1 Å². The Bertz CT molecular complexity index is 1050. The first-order chi connectivity index (χ1) is 12.6. The molecular weight excluding hydrogens is 412 g/mol. The van der Waals surface area contributed by atoms with Gasteiger partial charge >= 0.3 is 65.1 Å². The second-order valence-electron chi connectivity index (χ2n) is 7.19. The Morgan fingerprint density at radius 2 is 1.93 bits per heavy atom. The number of aliphatic imine (C=N–C) groups is 1. The number of nitrogens with zero attached hydrogens (tertiary/aromatic N) is 1. The van der Waals surface area contributed by atoms with Gasteiger partial charge in [-0.1, -0.05) is 25.8 Å². The number of unbranched alkanes of at least 4 members (excludes halogenated alkanes) is 2. The van der Waals surface area contributed by atoms with Crippen LogP contribution in [0.4, 0.5) is 5.69 Å². The fourth-order valence-electron chi connectivity index (χ4n) is 3.76. The van der Waals surface area contributed by atoms with Crippen LogP contribution in [-0.2, 0) is 20.3 Å². The summed E-state index contributed by atoms with van der Waals surface area (Å²) in [5, 5.41) is 10.2. The monoisotopic (exact) mass is 433 g/mol. The van der Waals surface area contributed by atoms with E-state index in [2.05, 4.69) is 18.0 Å². The third-order valence-corrected chi connectivity index (χ3v) is 6.19. The second-order valence-corrected chi connectivity index (χ2v) is 8.57. The molecule has 0 fully saturated rings. The molecule has 1 N–H and O–H groups in total. The molecule has 0 aromatic heterocycles. The van der Waals surface area contributed by atoms with Crippen molar-refractivity contribution in [3.05, 3.63) is 35.9 Å². The maximum absolute atomic E-state index is 11.4. The number of carboxylic acid groups (broad SMARTS) is 1. The van der Waals surface area contributed by atoms with Crippen LogP contribution >= 0.6 is 0 Å². The number of rotatable bonds is 7. The van der Waals surface area contributed by atoms with Gasteiger partial charge in [-0.05, 0) is 30.2 Å². The van der Waals surface area contributed by atoms with E-state index in [0.29, 0.717) is 11.8 Å². The van der Waals surface area contributed by atoms with Gasteiger partial charge in [0, 0.05) is 23.2 Å². The number of hydrogen-bond donors (Lipinski definition) is 1. The Hall–Kier alpha value is -0.250. The van der Waals surface area contributed by atoms with Crippen molar-refractivity contribution in [2.24, 2.45) is 4.99 Å². The molecule has 29 heavy (non-hydrogen) atoms. The molecule has 144 valence electrons. The maximum Gasteiger partial charge on any atom is 1.00 e. The Labute approximate surface area is 215 Å². The number of aliphatic carboxylic acids is 1. The van der Waals surface area contributed by atoms with E-state index in [-0.39, 0.29) is 70.4 Å². The molecule has 0 aliphatic carbocycles. The van der Waals surface area contributed by atoms with Gasteiger partial charge in [0.05, 0.1) is 10.1 Å². The van der Waals surface area contributed by atoms with Crippen molar-refractivity contribution in [2.75, 3.05) is 0 Å². The zero-order chi connectivity index (χ0) is 19.8. The van der Waals surface area contributed by atoms with E-state index < -0.39 is 21.5 Å². The Balaban J connectivity index is 0.00000210. The van der Waals surface area contributed by atoms with Crippen molar-refractivity contribution in [3.63, 3.8) is 0 Å². The molecule has 0 radical (unpaired) electrons. The summed E-state index contributed by atoms with van der Waals surface area (Å²) in [6.45, 7) is 4.01. The molecule has 1 unspecified atom stereocenters. The van der Waals surface area contributed by atoms with Crippen molar-refractivity contribution in [1.82, 2.24) is 0 Å². The first kappa shape index (κ1) is 26.8. The van der Waals surface area contributed by atoms with Crippen LogP contribution in [0.25, 0.3) is 10.8 Å². The molecular formula is C20H21NNa2O5S. The molecule has 1 aliphatic rings. The molecule has 0 saturated heterocycles. The smallest absolute Gasteiger partial charge is 0.752 e. The topological polar surface area (TPSA) is 107 Å². The summed E-state index contributed by atoms with van der Waals surface area (Å²) in [7, 11) is -4.57. The summed E-state index contributed by atoms with van der Waals surface area (Å²) in [5.74, 6) is -0.793. The molecule has 1 aliphatic heterocycles. The molecule has 1 atom stereocenters. The largest absolute Gasteiger partial charge is 1.00 e. The first-order valence-electron chi connectivity index (χ1n) is 8.85. The summed E-state index contributed by atoms with van der Waals surface area (Å²) in [6, 6.07) is 9.25. The van der Waals surface area contributed by atoms with Gasteiger partial charge < -0.3 is 9.66 Å². The normalized spacial score (nSPS) is 17.8. The quantitative estimate of drug-likeness (QED) is 0.234. The average Bonchev–Trinajstić information content (AvgIpc) is 2.84. The number of hydrogen-bond acceptors (Lipinski definition) is 5. The minimum absolute atomic E-state index is 0. The SMILES string of the molecule is CC1=Nc2ccc3[c-]cc(S(=O)(=O)[O-])cc3c2C1(C)CCCCCC(=O)O.[Na+].[Na+]. The third-order valence-electron chi connectivity index (χ3n) is 5.37. The fraction of sp³-hybridized carbons (Fsp3) is 0.400. The van der Waals surface area contributed by atoms with Gasteiger partial charge in [-0.25, -0.2) is 8.42 Å². The van der Waals surface area contributed by atoms with E-state index >= 15 is 0 Å². The number of benzene rings is 2. The van der Waals surface area contributed by atoms with E-state index in [9.17, 15) is 17.8 Å². The molecule has 0 bridgehead atoms. The van der Waals surface area contributed by atoms with Crippen molar-refractivity contribution >= 4 is 38.3 Å². The van der Waals surface area contributed by atoms with Crippen molar-refractivity contribution in [1.29, 1.82) is 0 Å². The first-order valence-corrected chi connectivity index (χ1v) is 10.3. The standard InChI is InChI=1S/C20H22NO5S.2Na/c1-13-20(2,11-5-3-4-6-18(22)23)19-16-12-15(27(24,25)26)9-7-14(16)8-10-17(19)21-13;;/h8-10,12H,3-6,11H2,1-2H3,(H,22,23)(H,24,25,26);;/q-1;2*+1/p-1. The van der Waals surface area contributed by atoms with Crippen LogP contribution in [0.1, 0.15) is 51.5 Å². The van der Waals surface area contributed by atoms with Crippen LogP contribution in [0.2, 0.25) is 0 Å². The van der Waals surface area contributed by atoms with Crippen LogP contribution in [0.15, 0.2) is 34.2 Å². The predicted octanol–water partition coefficient (Wildman–Crippen LogP) is -2.05. The van der Waals surface area contributed by atoms with Crippen LogP contribution in [0.5, 0.6) is 0 Å². The van der Waals surface area contributed by atoms with Crippen LogP contribution in [-0.4, -0.2) is 29.8 Å². The van der Waals surface area contributed by atoms with Gasteiger partial charge in [-0.3, -0.25) is 9.79 Å². The van der Waals surface area contributed by atoms with Crippen molar-refractivity contribution in [2.45, 2.75) is 56.3 Å². The van der Waals surface area contributed by atoms with E-state index in [4.69, 9.17) is 5.11 Å². The van der Waals surface area contributed by atoms with Crippen LogP contribution in [0.3, 0.4) is 0 Å². The zero-order valence-corrected chi connectivity index (χ0v) is 22.1. The molecule has 9 heteroatoms. The summed E-state index contributed by atoms with van der Waals surface area (Å²) in [5.41, 5.74) is 2.23. The summed E-state index contributed by atoms with van der Waals surface area (Å²) in [4.78, 5) is 15.0. The second kappa shape index (κ2) is 10.4. The van der Waals surface area contributed by atoms with Crippen molar-refractivity contribution in [3.8, 4) is 0 Å². The minimum atomic E-state index is -4.57. The number of carbonyl (C=O) groups is 1. The molecule has 0 saturated carbocycles. The molecule has 0 amide bonds. The van der Waals surface area contributed by atoms with Gasteiger partial charge in [0.2, 0.25) is 0 Å². The fourth-order valence-corrected chi connectivity index (χ4v) is 4.22. The molecule has 3 rings (SSSR count). The third kappa shape index (κ3) is 5.71. The van der Waals surface area contributed by atoms with Gasteiger partial charge in [-0.15, -0.1) is 35.0 Å². The number of fused-ring (bicyclic) bond motifs is 3.